The lowest BCUT2D eigenvalue weighted by Gasteiger charge is -2.05. The van der Waals surface area contributed by atoms with Gasteiger partial charge in [0.1, 0.15) is 0 Å². The Hall–Kier alpha value is 0.01000. The molecule has 0 spiro atoms. The number of fused-ring (bicyclic) bond motifs is 1. The van der Waals surface area contributed by atoms with Crippen LogP contribution in [0.2, 0.25) is 0 Å². The van der Waals surface area contributed by atoms with Crippen LogP contribution in [0.5, 0.6) is 0 Å². The molecule has 1 aromatic carbocycles. The maximum Gasteiger partial charge on any atom is 0.0723 e. The van der Waals surface area contributed by atoms with Crippen molar-refractivity contribution in [2.24, 2.45) is 5.73 Å². The first-order valence-electron chi connectivity index (χ1n) is 3.44. The van der Waals surface area contributed by atoms with Gasteiger partial charge in [0.15, 0.2) is 0 Å². The number of rotatable bonds is 0. The van der Waals surface area contributed by atoms with Crippen molar-refractivity contribution in [2.45, 2.75) is 15.1 Å². The first-order chi connectivity index (χ1) is 5.29. The smallest absolute Gasteiger partial charge is 0.0723 e. The van der Waals surface area contributed by atoms with Gasteiger partial charge in [0.05, 0.1) is 10.2 Å². The van der Waals surface area contributed by atoms with E-state index in [9.17, 15) is 0 Å². The molecule has 58 valence electrons. The van der Waals surface area contributed by atoms with E-state index in [4.69, 9.17) is 5.73 Å². The fourth-order valence-corrected chi connectivity index (χ4v) is 3.12. The van der Waals surface area contributed by atoms with E-state index >= 15 is 0 Å². The Morgan fingerprint density at radius 1 is 1.36 bits per heavy atom. The largest absolute Gasteiger partial charge is 0.318 e. The average Bonchev–Trinajstić information content (AvgIpc) is 2.30. The summed E-state index contributed by atoms with van der Waals surface area (Å²) in [4.78, 5) is 1.63. The molecule has 1 nitrogen and oxygen atoms in total. The Kier molecular flexibility index (Phi) is 1.95. The van der Waals surface area contributed by atoms with Gasteiger partial charge in [-0.3, -0.25) is 0 Å². The molecule has 0 radical (unpaired) electrons. The van der Waals surface area contributed by atoms with E-state index < -0.39 is 0 Å². The number of hydrogen-bond acceptors (Lipinski definition) is 2. The first kappa shape index (κ1) is 7.65. The Morgan fingerprint density at radius 3 is 2.82 bits per heavy atom. The third kappa shape index (κ3) is 1.21. The van der Waals surface area contributed by atoms with Crippen LogP contribution in [0.3, 0.4) is 0 Å². The van der Waals surface area contributed by atoms with Crippen LogP contribution in [0.4, 0.5) is 0 Å². The van der Waals surface area contributed by atoms with Crippen LogP contribution < -0.4 is 5.73 Å². The molecule has 2 unspecified atom stereocenters. The lowest BCUT2D eigenvalue weighted by Crippen LogP contribution is -2.15. The quantitative estimate of drug-likeness (QED) is 0.693. The van der Waals surface area contributed by atoms with E-state index in [1.807, 2.05) is 12.1 Å². The molecule has 0 saturated carbocycles. The predicted octanol–water partition coefficient (Wildman–Crippen LogP) is 2.51. The zero-order valence-corrected chi connectivity index (χ0v) is 8.23. The molecule has 1 aliphatic rings. The third-order valence-corrected chi connectivity index (χ3v) is 4.35. The Labute approximate surface area is 78.5 Å². The Morgan fingerprint density at radius 2 is 2.09 bits per heavy atom. The average molecular weight is 230 g/mol. The van der Waals surface area contributed by atoms with Crippen molar-refractivity contribution in [3.05, 3.63) is 29.8 Å². The lowest BCUT2D eigenvalue weighted by atomic mass is 10.2. The zero-order chi connectivity index (χ0) is 7.84. The summed E-state index contributed by atoms with van der Waals surface area (Å²) in [6.07, 6.45) is 0. The van der Waals surface area contributed by atoms with Gasteiger partial charge in [-0.25, -0.2) is 0 Å². The molecule has 11 heavy (non-hydrogen) atoms. The standard InChI is InChI=1S/C8H8BrNS/c9-7-5-3-1-2-4-6(5)11-8(7)10/h1-4,7-8H,10H2. The van der Waals surface area contributed by atoms with Crippen LogP contribution in [0.15, 0.2) is 29.2 Å². The Bertz CT molecular complexity index is 277. The summed E-state index contributed by atoms with van der Waals surface area (Å²) in [5.41, 5.74) is 7.17. The molecule has 2 N–H and O–H groups in total. The van der Waals surface area contributed by atoms with Crippen LogP contribution in [0.25, 0.3) is 0 Å². The first-order valence-corrected chi connectivity index (χ1v) is 5.24. The van der Waals surface area contributed by atoms with E-state index in [1.54, 1.807) is 11.8 Å². The van der Waals surface area contributed by atoms with Gasteiger partial charge >= 0.3 is 0 Å². The van der Waals surface area contributed by atoms with Crippen LogP contribution in [-0.2, 0) is 0 Å². The zero-order valence-electron chi connectivity index (χ0n) is 5.83. The molecule has 1 aliphatic heterocycles. The highest BCUT2D eigenvalue weighted by atomic mass is 79.9. The number of hydrogen-bond donors (Lipinski definition) is 1. The number of alkyl halides is 1. The van der Waals surface area contributed by atoms with Crippen molar-refractivity contribution < 1.29 is 0 Å². The van der Waals surface area contributed by atoms with E-state index in [0.717, 1.165) is 0 Å². The molecule has 0 saturated heterocycles. The van der Waals surface area contributed by atoms with Crippen molar-refractivity contribution in [3.63, 3.8) is 0 Å². The highest BCUT2D eigenvalue weighted by Crippen LogP contribution is 2.45. The SMILES string of the molecule is NC1Sc2ccccc2C1Br. The summed E-state index contributed by atoms with van der Waals surface area (Å²) in [5.74, 6) is 0. The minimum atomic E-state index is 0.174. The second kappa shape index (κ2) is 2.81. The topological polar surface area (TPSA) is 26.0 Å². The van der Waals surface area contributed by atoms with E-state index in [0.29, 0.717) is 4.83 Å². The van der Waals surface area contributed by atoms with Crippen molar-refractivity contribution in [1.29, 1.82) is 0 Å². The molecule has 0 fully saturated rings. The normalized spacial score (nSPS) is 28.5. The summed E-state index contributed by atoms with van der Waals surface area (Å²) < 4.78 is 0. The van der Waals surface area contributed by atoms with Crippen molar-refractivity contribution in [1.82, 2.24) is 0 Å². The third-order valence-electron chi connectivity index (χ3n) is 1.77. The summed E-state index contributed by atoms with van der Waals surface area (Å²) in [6, 6.07) is 8.32. The van der Waals surface area contributed by atoms with Gasteiger partial charge in [-0.2, -0.15) is 0 Å². The number of nitrogens with two attached hydrogens (primary N) is 1. The number of benzene rings is 1. The predicted molar refractivity (Wildman–Crippen MR) is 51.9 cm³/mol. The van der Waals surface area contributed by atoms with Gasteiger partial charge in [-0.1, -0.05) is 34.1 Å². The Balaban J connectivity index is 2.47. The summed E-state index contributed by atoms with van der Waals surface area (Å²) in [5, 5.41) is 0.174. The van der Waals surface area contributed by atoms with Crippen LogP contribution in [0.1, 0.15) is 10.4 Å². The second-order valence-corrected chi connectivity index (χ2v) is 4.73. The molecule has 2 atom stereocenters. The molecule has 0 aliphatic carbocycles. The van der Waals surface area contributed by atoms with Gasteiger partial charge in [0.2, 0.25) is 0 Å². The molecular formula is C8H8BrNS. The van der Waals surface area contributed by atoms with Crippen molar-refractivity contribution in [2.75, 3.05) is 0 Å². The maximum atomic E-state index is 5.84. The van der Waals surface area contributed by atoms with Crippen LogP contribution in [0, 0.1) is 0 Å². The molecule has 1 aromatic rings. The molecule has 3 heteroatoms. The summed E-state index contributed by atoms with van der Waals surface area (Å²) in [6.45, 7) is 0. The van der Waals surface area contributed by atoms with Gasteiger partial charge in [-0.15, -0.1) is 11.8 Å². The van der Waals surface area contributed by atoms with Crippen LogP contribution >= 0.6 is 27.7 Å². The molecule has 2 rings (SSSR count). The van der Waals surface area contributed by atoms with Crippen molar-refractivity contribution in [3.8, 4) is 0 Å². The van der Waals surface area contributed by atoms with Gasteiger partial charge in [-0.05, 0) is 11.6 Å². The monoisotopic (exact) mass is 229 g/mol. The fourth-order valence-electron chi connectivity index (χ4n) is 1.20. The molecular weight excluding hydrogens is 222 g/mol. The van der Waals surface area contributed by atoms with Crippen LogP contribution in [-0.4, -0.2) is 5.37 Å². The minimum Gasteiger partial charge on any atom is -0.318 e. The van der Waals surface area contributed by atoms with Crippen molar-refractivity contribution >= 4 is 27.7 Å². The van der Waals surface area contributed by atoms with E-state index in [2.05, 4.69) is 28.1 Å². The lowest BCUT2D eigenvalue weighted by molar-refractivity contribution is 0.909. The number of thioether (sulfide) groups is 1. The van der Waals surface area contributed by atoms with E-state index in [1.165, 1.54) is 10.5 Å². The molecule has 0 amide bonds. The molecule has 0 bridgehead atoms. The highest BCUT2D eigenvalue weighted by Gasteiger charge is 2.27. The van der Waals surface area contributed by atoms with Gasteiger partial charge in [0.25, 0.3) is 0 Å². The van der Waals surface area contributed by atoms with E-state index in [-0.39, 0.29) is 5.37 Å². The van der Waals surface area contributed by atoms with Gasteiger partial charge in [0, 0.05) is 4.90 Å². The number of halogens is 1. The second-order valence-electron chi connectivity index (χ2n) is 2.52. The fraction of sp³-hybridized carbons (Fsp3) is 0.250. The highest BCUT2D eigenvalue weighted by molar-refractivity contribution is 9.09. The minimum absolute atomic E-state index is 0.174. The van der Waals surface area contributed by atoms with Gasteiger partial charge < -0.3 is 5.73 Å². The molecule has 0 aromatic heterocycles. The molecule has 1 heterocycles. The summed E-state index contributed by atoms with van der Waals surface area (Å²) in [7, 11) is 0. The summed E-state index contributed by atoms with van der Waals surface area (Å²) >= 11 is 5.29. The maximum absolute atomic E-state index is 5.84.